The zero-order chi connectivity index (χ0) is 12.3. The van der Waals surface area contributed by atoms with E-state index in [0.29, 0.717) is 29.5 Å². The zero-order valence-corrected chi connectivity index (χ0v) is 9.25. The second-order valence-electron chi connectivity index (χ2n) is 3.71. The van der Waals surface area contributed by atoms with E-state index in [4.69, 9.17) is 5.73 Å². The molecule has 6 nitrogen and oxygen atoms in total. The number of fused-ring (bicyclic) bond motifs is 1. The molecule has 2 aromatic rings. The predicted octanol–water partition coefficient (Wildman–Crippen LogP) is -0.0229. The van der Waals surface area contributed by atoms with Gasteiger partial charge in [-0.2, -0.15) is 0 Å². The van der Waals surface area contributed by atoms with Gasteiger partial charge in [0.05, 0.1) is 10.8 Å². The van der Waals surface area contributed by atoms with Crippen LogP contribution in [0.3, 0.4) is 0 Å². The van der Waals surface area contributed by atoms with E-state index in [9.17, 15) is 9.59 Å². The third kappa shape index (κ3) is 2.21. The Bertz CT molecular complexity index is 629. The SMILES string of the molecule is NCCCNc1cccc2c(=O)[nH][nH]c(=O)c12. The van der Waals surface area contributed by atoms with Crippen molar-refractivity contribution < 1.29 is 0 Å². The Morgan fingerprint density at radius 2 is 1.94 bits per heavy atom. The first-order valence-corrected chi connectivity index (χ1v) is 5.41. The summed E-state index contributed by atoms with van der Waals surface area (Å²) in [4.78, 5) is 23.2. The molecule has 0 fully saturated rings. The minimum Gasteiger partial charge on any atom is -0.384 e. The smallest absolute Gasteiger partial charge is 0.272 e. The van der Waals surface area contributed by atoms with Crippen LogP contribution >= 0.6 is 0 Å². The van der Waals surface area contributed by atoms with E-state index in [1.54, 1.807) is 18.2 Å². The van der Waals surface area contributed by atoms with Gasteiger partial charge in [0.15, 0.2) is 0 Å². The highest BCUT2D eigenvalue weighted by Gasteiger charge is 2.07. The van der Waals surface area contributed by atoms with Crippen molar-refractivity contribution in [2.24, 2.45) is 5.73 Å². The maximum atomic E-state index is 11.7. The van der Waals surface area contributed by atoms with Crippen molar-refractivity contribution in [2.45, 2.75) is 6.42 Å². The molecule has 0 saturated carbocycles. The number of nitrogens with two attached hydrogens (primary N) is 1. The average Bonchev–Trinajstić information content (AvgIpc) is 2.34. The number of hydrogen-bond acceptors (Lipinski definition) is 4. The van der Waals surface area contributed by atoms with Gasteiger partial charge in [0.25, 0.3) is 11.1 Å². The van der Waals surface area contributed by atoms with E-state index < -0.39 is 0 Å². The first-order chi connectivity index (χ1) is 8.24. The quantitative estimate of drug-likeness (QED) is 0.558. The summed E-state index contributed by atoms with van der Waals surface area (Å²) in [7, 11) is 0. The van der Waals surface area contributed by atoms with Crippen LogP contribution in [0.2, 0.25) is 0 Å². The van der Waals surface area contributed by atoms with Crippen molar-refractivity contribution in [1.29, 1.82) is 0 Å². The van der Waals surface area contributed by atoms with Gasteiger partial charge in [-0.1, -0.05) is 6.07 Å². The lowest BCUT2D eigenvalue weighted by Crippen LogP contribution is -2.20. The number of H-pyrrole nitrogens is 2. The molecule has 0 unspecified atom stereocenters. The summed E-state index contributed by atoms with van der Waals surface area (Å²) in [6.07, 6.45) is 0.803. The molecule has 1 aromatic carbocycles. The molecule has 0 saturated heterocycles. The monoisotopic (exact) mass is 234 g/mol. The maximum Gasteiger partial charge on any atom is 0.272 e. The molecular weight excluding hydrogens is 220 g/mol. The number of anilines is 1. The molecule has 0 atom stereocenters. The standard InChI is InChI=1S/C11H14N4O2/c12-5-2-6-13-8-4-1-3-7-9(8)11(17)15-14-10(7)16/h1,3-4,13H,2,5-6,12H2,(H,14,16)(H,15,17). The first kappa shape index (κ1) is 11.4. The van der Waals surface area contributed by atoms with Crippen LogP contribution in [0, 0.1) is 0 Å². The normalized spacial score (nSPS) is 10.6. The summed E-state index contributed by atoms with van der Waals surface area (Å²) in [6.45, 7) is 1.25. The van der Waals surface area contributed by atoms with Crippen LogP contribution in [0.15, 0.2) is 27.8 Å². The second-order valence-corrected chi connectivity index (χ2v) is 3.71. The summed E-state index contributed by atoms with van der Waals surface area (Å²) >= 11 is 0. The lowest BCUT2D eigenvalue weighted by atomic mass is 10.1. The Balaban J connectivity index is 2.53. The van der Waals surface area contributed by atoms with Crippen LogP contribution in [0.25, 0.3) is 10.8 Å². The molecule has 17 heavy (non-hydrogen) atoms. The molecule has 5 N–H and O–H groups in total. The van der Waals surface area contributed by atoms with Crippen molar-refractivity contribution in [3.63, 3.8) is 0 Å². The molecule has 0 amide bonds. The fraction of sp³-hybridized carbons (Fsp3) is 0.273. The minimum atomic E-state index is -0.310. The number of aromatic amines is 2. The number of rotatable bonds is 4. The molecule has 1 aromatic heterocycles. The lowest BCUT2D eigenvalue weighted by molar-refractivity contribution is 0.875. The summed E-state index contributed by atoms with van der Waals surface area (Å²) in [5, 5.41) is 8.48. The van der Waals surface area contributed by atoms with Crippen LogP contribution in [-0.4, -0.2) is 23.3 Å². The number of benzene rings is 1. The van der Waals surface area contributed by atoms with Crippen LogP contribution in [0.5, 0.6) is 0 Å². The van der Waals surface area contributed by atoms with Gasteiger partial charge >= 0.3 is 0 Å². The highest BCUT2D eigenvalue weighted by Crippen LogP contribution is 2.16. The van der Waals surface area contributed by atoms with Crippen molar-refractivity contribution in [1.82, 2.24) is 10.2 Å². The molecule has 0 radical (unpaired) electrons. The van der Waals surface area contributed by atoms with Gasteiger partial charge in [0.1, 0.15) is 0 Å². The fourth-order valence-electron chi connectivity index (χ4n) is 1.70. The third-order valence-corrected chi connectivity index (χ3v) is 2.52. The molecule has 90 valence electrons. The van der Waals surface area contributed by atoms with Crippen molar-refractivity contribution in [3.8, 4) is 0 Å². The lowest BCUT2D eigenvalue weighted by Gasteiger charge is -2.07. The number of hydrogen-bond donors (Lipinski definition) is 4. The van der Waals surface area contributed by atoms with E-state index in [1.807, 2.05) is 0 Å². The second kappa shape index (κ2) is 4.84. The largest absolute Gasteiger partial charge is 0.384 e. The van der Waals surface area contributed by atoms with E-state index in [-0.39, 0.29) is 11.1 Å². The van der Waals surface area contributed by atoms with E-state index in [2.05, 4.69) is 15.5 Å². The Morgan fingerprint density at radius 1 is 1.18 bits per heavy atom. The summed E-state index contributed by atoms with van der Waals surface area (Å²) in [5.74, 6) is 0. The van der Waals surface area contributed by atoms with Crippen molar-refractivity contribution >= 4 is 16.5 Å². The Hall–Kier alpha value is -2.08. The molecule has 1 heterocycles. The molecule has 6 heteroatoms. The van der Waals surface area contributed by atoms with E-state index >= 15 is 0 Å². The third-order valence-electron chi connectivity index (χ3n) is 2.52. The van der Waals surface area contributed by atoms with Crippen LogP contribution in [-0.2, 0) is 0 Å². The molecular formula is C11H14N4O2. The van der Waals surface area contributed by atoms with Gasteiger partial charge in [0.2, 0.25) is 0 Å². The Labute approximate surface area is 96.8 Å². The van der Waals surface area contributed by atoms with Gasteiger partial charge in [-0.25, -0.2) is 0 Å². The van der Waals surface area contributed by atoms with E-state index in [1.165, 1.54) is 0 Å². The Kier molecular flexibility index (Phi) is 3.24. The minimum absolute atomic E-state index is 0.304. The van der Waals surface area contributed by atoms with Gasteiger partial charge in [0, 0.05) is 12.2 Å². The first-order valence-electron chi connectivity index (χ1n) is 5.41. The maximum absolute atomic E-state index is 11.7. The fourth-order valence-corrected chi connectivity index (χ4v) is 1.70. The molecule has 2 rings (SSSR count). The van der Waals surface area contributed by atoms with E-state index in [0.717, 1.165) is 6.42 Å². The average molecular weight is 234 g/mol. The highest BCUT2D eigenvalue weighted by atomic mass is 16.1. The van der Waals surface area contributed by atoms with Crippen LogP contribution in [0.4, 0.5) is 5.69 Å². The van der Waals surface area contributed by atoms with Crippen molar-refractivity contribution in [2.75, 3.05) is 18.4 Å². The zero-order valence-electron chi connectivity index (χ0n) is 9.25. The van der Waals surface area contributed by atoms with Gasteiger partial charge < -0.3 is 11.1 Å². The Morgan fingerprint density at radius 3 is 2.71 bits per heavy atom. The number of nitrogens with one attached hydrogen (secondary N) is 3. The molecule has 0 aliphatic heterocycles. The summed E-state index contributed by atoms with van der Waals surface area (Å²) in [6, 6.07) is 5.13. The van der Waals surface area contributed by atoms with Crippen LogP contribution < -0.4 is 22.2 Å². The van der Waals surface area contributed by atoms with Crippen LogP contribution in [0.1, 0.15) is 6.42 Å². The van der Waals surface area contributed by atoms with Gasteiger partial charge in [-0.15, -0.1) is 0 Å². The molecule has 0 aliphatic carbocycles. The molecule has 0 aliphatic rings. The summed E-state index contributed by atoms with van der Waals surface area (Å²) in [5.41, 5.74) is 5.44. The highest BCUT2D eigenvalue weighted by molar-refractivity contribution is 5.92. The number of aromatic nitrogens is 2. The van der Waals surface area contributed by atoms with Gasteiger partial charge in [-0.05, 0) is 25.1 Å². The van der Waals surface area contributed by atoms with Gasteiger partial charge in [-0.3, -0.25) is 19.8 Å². The topological polar surface area (TPSA) is 104 Å². The predicted molar refractivity (Wildman–Crippen MR) is 67.4 cm³/mol. The van der Waals surface area contributed by atoms with Crippen molar-refractivity contribution in [3.05, 3.63) is 38.9 Å². The summed E-state index contributed by atoms with van der Waals surface area (Å²) < 4.78 is 0. The molecule has 0 bridgehead atoms. The molecule has 0 spiro atoms.